The quantitative estimate of drug-likeness (QED) is 0.722. The van der Waals surface area contributed by atoms with Crippen molar-refractivity contribution in [3.05, 3.63) is 52.1 Å². The van der Waals surface area contributed by atoms with Crippen molar-refractivity contribution in [1.82, 2.24) is 14.0 Å². The molecule has 7 heteroatoms. The first-order valence-electron chi connectivity index (χ1n) is 8.45. The van der Waals surface area contributed by atoms with Gasteiger partial charge in [-0.15, -0.1) is 0 Å². The lowest BCUT2D eigenvalue weighted by Gasteiger charge is -2.34. The van der Waals surface area contributed by atoms with Crippen LogP contribution in [0.25, 0.3) is 10.1 Å². The number of benzene rings is 1. The second-order valence-electron chi connectivity index (χ2n) is 6.39. The standard InChI is InChI=1S/C18H19N3O3S/c1-12-10-14(19-24-12)15-7-4-5-9-20(15)17(22)11-21-18(23)13-6-2-3-8-16(13)25-21/h2-3,6,8,10,15H,4-5,7,9,11H2,1H3/t15-/m0/s1. The van der Waals surface area contributed by atoms with Crippen LogP contribution in [-0.4, -0.2) is 26.5 Å². The molecule has 130 valence electrons. The van der Waals surface area contributed by atoms with Gasteiger partial charge in [0.25, 0.3) is 5.56 Å². The van der Waals surface area contributed by atoms with E-state index < -0.39 is 0 Å². The second-order valence-corrected chi connectivity index (χ2v) is 7.45. The molecular formula is C18H19N3O3S. The Balaban J connectivity index is 1.60. The van der Waals surface area contributed by atoms with E-state index in [-0.39, 0.29) is 24.1 Å². The first kappa shape index (κ1) is 16.1. The zero-order valence-corrected chi connectivity index (χ0v) is 14.8. The molecule has 3 aromatic rings. The molecule has 0 N–H and O–H groups in total. The molecule has 0 bridgehead atoms. The molecule has 1 amide bonds. The summed E-state index contributed by atoms with van der Waals surface area (Å²) in [5.41, 5.74) is 0.703. The Morgan fingerprint density at radius 1 is 1.36 bits per heavy atom. The molecule has 1 aliphatic rings. The minimum atomic E-state index is -0.0974. The lowest BCUT2D eigenvalue weighted by molar-refractivity contribution is -0.135. The Morgan fingerprint density at radius 3 is 2.96 bits per heavy atom. The summed E-state index contributed by atoms with van der Waals surface area (Å²) >= 11 is 1.34. The molecule has 0 unspecified atom stereocenters. The summed E-state index contributed by atoms with van der Waals surface area (Å²) in [6.45, 7) is 2.61. The number of aromatic nitrogens is 2. The fraction of sp³-hybridized carbons (Fsp3) is 0.389. The van der Waals surface area contributed by atoms with Crippen LogP contribution in [0.3, 0.4) is 0 Å². The van der Waals surface area contributed by atoms with Gasteiger partial charge in [0.05, 0.1) is 16.1 Å². The van der Waals surface area contributed by atoms with E-state index in [4.69, 9.17) is 4.52 Å². The summed E-state index contributed by atoms with van der Waals surface area (Å²) in [6.07, 6.45) is 2.91. The molecular weight excluding hydrogens is 338 g/mol. The summed E-state index contributed by atoms with van der Waals surface area (Å²) in [5.74, 6) is 0.702. The summed E-state index contributed by atoms with van der Waals surface area (Å²) in [7, 11) is 0. The number of amides is 1. The minimum Gasteiger partial charge on any atom is -0.361 e. The largest absolute Gasteiger partial charge is 0.361 e. The van der Waals surface area contributed by atoms with Gasteiger partial charge in [-0.1, -0.05) is 28.8 Å². The molecule has 0 radical (unpaired) electrons. The van der Waals surface area contributed by atoms with Gasteiger partial charge in [-0.3, -0.25) is 13.5 Å². The molecule has 0 aliphatic carbocycles. The van der Waals surface area contributed by atoms with Crippen molar-refractivity contribution >= 4 is 27.5 Å². The van der Waals surface area contributed by atoms with Crippen LogP contribution < -0.4 is 5.56 Å². The van der Waals surface area contributed by atoms with Gasteiger partial charge in [0, 0.05) is 12.6 Å². The third-order valence-electron chi connectivity index (χ3n) is 4.64. The monoisotopic (exact) mass is 357 g/mol. The maximum absolute atomic E-state index is 12.9. The fourth-order valence-corrected chi connectivity index (χ4v) is 4.40. The average molecular weight is 357 g/mol. The molecule has 4 rings (SSSR count). The predicted octanol–water partition coefficient (Wildman–Crippen LogP) is 3.11. The molecule has 2 aromatic heterocycles. The first-order chi connectivity index (χ1) is 12.1. The van der Waals surface area contributed by atoms with E-state index in [0.29, 0.717) is 11.9 Å². The van der Waals surface area contributed by atoms with Crippen LogP contribution in [0.4, 0.5) is 0 Å². The van der Waals surface area contributed by atoms with E-state index in [1.165, 1.54) is 11.5 Å². The Labute approximate surface area is 148 Å². The molecule has 1 aromatic carbocycles. The Morgan fingerprint density at radius 2 is 2.20 bits per heavy atom. The molecule has 6 nitrogen and oxygen atoms in total. The van der Waals surface area contributed by atoms with Crippen molar-refractivity contribution < 1.29 is 9.32 Å². The Hall–Kier alpha value is -2.41. The van der Waals surface area contributed by atoms with E-state index in [0.717, 1.165) is 35.4 Å². The lowest BCUT2D eigenvalue weighted by Crippen LogP contribution is -2.41. The van der Waals surface area contributed by atoms with Crippen molar-refractivity contribution in [2.45, 2.75) is 38.8 Å². The summed E-state index contributed by atoms with van der Waals surface area (Å²) < 4.78 is 7.64. The van der Waals surface area contributed by atoms with Gasteiger partial charge in [-0.2, -0.15) is 0 Å². The van der Waals surface area contributed by atoms with Crippen LogP contribution >= 0.6 is 11.5 Å². The molecule has 1 saturated heterocycles. The summed E-state index contributed by atoms with van der Waals surface area (Å²) in [4.78, 5) is 27.2. The highest BCUT2D eigenvalue weighted by atomic mass is 32.1. The van der Waals surface area contributed by atoms with Crippen LogP contribution in [0.15, 0.2) is 39.6 Å². The first-order valence-corrected chi connectivity index (χ1v) is 9.22. The molecule has 3 heterocycles. The Bertz CT molecular complexity index is 971. The lowest BCUT2D eigenvalue weighted by atomic mass is 9.99. The summed E-state index contributed by atoms with van der Waals surface area (Å²) in [5, 5.41) is 4.77. The van der Waals surface area contributed by atoms with Crippen LogP contribution in [0.5, 0.6) is 0 Å². The smallest absolute Gasteiger partial charge is 0.268 e. The van der Waals surface area contributed by atoms with Gasteiger partial charge >= 0.3 is 0 Å². The van der Waals surface area contributed by atoms with Gasteiger partial charge in [0.2, 0.25) is 5.91 Å². The molecule has 0 saturated carbocycles. The fourth-order valence-electron chi connectivity index (χ4n) is 3.42. The minimum absolute atomic E-state index is 0.0426. The molecule has 1 atom stereocenters. The van der Waals surface area contributed by atoms with E-state index >= 15 is 0 Å². The molecule has 1 aliphatic heterocycles. The third kappa shape index (κ3) is 3.00. The van der Waals surface area contributed by atoms with Crippen LogP contribution in [0.2, 0.25) is 0 Å². The number of likely N-dealkylation sites (tertiary alicyclic amines) is 1. The van der Waals surface area contributed by atoms with Crippen molar-refractivity contribution in [3.8, 4) is 0 Å². The number of hydrogen-bond acceptors (Lipinski definition) is 5. The number of hydrogen-bond donors (Lipinski definition) is 0. The number of fused-ring (bicyclic) bond motifs is 1. The maximum Gasteiger partial charge on any atom is 0.268 e. The number of rotatable bonds is 3. The molecule has 25 heavy (non-hydrogen) atoms. The van der Waals surface area contributed by atoms with E-state index in [1.807, 2.05) is 36.1 Å². The topological polar surface area (TPSA) is 68.3 Å². The zero-order chi connectivity index (χ0) is 17.4. The van der Waals surface area contributed by atoms with Crippen LogP contribution in [0.1, 0.15) is 36.8 Å². The summed E-state index contributed by atoms with van der Waals surface area (Å²) in [6, 6.07) is 9.28. The molecule has 1 fully saturated rings. The van der Waals surface area contributed by atoms with Crippen LogP contribution in [0, 0.1) is 6.92 Å². The van der Waals surface area contributed by atoms with Crippen molar-refractivity contribution in [2.75, 3.05) is 6.54 Å². The number of carbonyl (C=O) groups is 1. The third-order valence-corrected chi connectivity index (χ3v) is 5.71. The van der Waals surface area contributed by atoms with Gasteiger partial charge in [-0.05, 0) is 38.3 Å². The highest BCUT2D eigenvalue weighted by Crippen LogP contribution is 2.31. The SMILES string of the molecule is Cc1cc([C@@H]2CCCCN2C(=O)Cn2sc3ccccc3c2=O)no1. The number of carbonyl (C=O) groups excluding carboxylic acids is 1. The average Bonchev–Trinajstić information content (AvgIpc) is 3.19. The van der Waals surface area contributed by atoms with Gasteiger partial charge in [0.15, 0.2) is 0 Å². The maximum atomic E-state index is 12.9. The zero-order valence-electron chi connectivity index (χ0n) is 14.0. The van der Waals surface area contributed by atoms with E-state index in [9.17, 15) is 9.59 Å². The van der Waals surface area contributed by atoms with Gasteiger partial charge in [0.1, 0.15) is 18.0 Å². The van der Waals surface area contributed by atoms with Crippen molar-refractivity contribution in [1.29, 1.82) is 0 Å². The predicted molar refractivity (Wildman–Crippen MR) is 95.6 cm³/mol. The highest BCUT2D eigenvalue weighted by Gasteiger charge is 2.30. The molecule has 0 spiro atoms. The second kappa shape index (κ2) is 6.48. The van der Waals surface area contributed by atoms with E-state index in [1.54, 1.807) is 10.0 Å². The highest BCUT2D eigenvalue weighted by molar-refractivity contribution is 7.13. The van der Waals surface area contributed by atoms with Gasteiger partial charge < -0.3 is 9.42 Å². The normalized spacial score (nSPS) is 18.0. The van der Waals surface area contributed by atoms with Crippen LogP contribution in [-0.2, 0) is 11.3 Å². The number of aryl methyl sites for hydroxylation is 1. The van der Waals surface area contributed by atoms with Gasteiger partial charge in [-0.25, -0.2) is 0 Å². The van der Waals surface area contributed by atoms with E-state index in [2.05, 4.69) is 5.16 Å². The van der Waals surface area contributed by atoms with Crippen molar-refractivity contribution in [2.24, 2.45) is 0 Å². The number of nitrogens with zero attached hydrogens (tertiary/aromatic N) is 3. The Kier molecular flexibility index (Phi) is 4.17. The number of piperidine rings is 1. The van der Waals surface area contributed by atoms with Crippen molar-refractivity contribution in [3.63, 3.8) is 0 Å².